The van der Waals surface area contributed by atoms with E-state index in [-0.39, 0.29) is 0 Å². The lowest BCUT2D eigenvalue weighted by Gasteiger charge is -2.36. The molecule has 4 rings (SSSR count). The molecule has 1 aliphatic rings. The van der Waals surface area contributed by atoms with Crippen LogP contribution >= 0.6 is 11.6 Å². The van der Waals surface area contributed by atoms with Crippen LogP contribution in [0.3, 0.4) is 0 Å². The molecule has 1 heterocycles. The van der Waals surface area contributed by atoms with Crippen molar-refractivity contribution in [2.75, 3.05) is 37.6 Å². The van der Waals surface area contributed by atoms with Crippen molar-refractivity contribution in [3.63, 3.8) is 0 Å². The van der Waals surface area contributed by atoms with E-state index in [1.165, 1.54) is 22.0 Å². The largest absolute Gasteiger partial charge is 0.369 e. The predicted octanol–water partition coefficient (Wildman–Crippen LogP) is 4.86. The van der Waals surface area contributed by atoms with Gasteiger partial charge in [0.1, 0.15) is 0 Å². The van der Waals surface area contributed by atoms with Gasteiger partial charge in [-0.3, -0.25) is 4.90 Å². The van der Waals surface area contributed by atoms with E-state index in [1.54, 1.807) is 0 Å². The van der Waals surface area contributed by atoms with E-state index in [0.717, 1.165) is 44.2 Å². The lowest BCUT2D eigenvalue weighted by molar-refractivity contribution is 0.261. The quantitative estimate of drug-likeness (QED) is 0.663. The molecule has 0 spiro atoms. The number of halogens is 1. The monoisotopic (exact) mass is 350 g/mol. The molecule has 3 aromatic rings. The average Bonchev–Trinajstić information content (AvgIpc) is 2.67. The Hall–Kier alpha value is -2.03. The molecule has 0 atom stereocenters. The summed E-state index contributed by atoms with van der Waals surface area (Å²) in [6, 6.07) is 23.5. The van der Waals surface area contributed by atoms with Gasteiger partial charge in [0.2, 0.25) is 0 Å². The third-order valence-corrected chi connectivity index (χ3v) is 5.36. The van der Waals surface area contributed by atoms with Gasteiger partial charge in [-0.2, -0.15) is 0 Å². The first-order valence-electron chi connectivity index (χ1n) is 8.99. The van der Waals surface area contributed by atoms with Gasteiger partial charge in [-0.1, -0.05) is 60.1 Å². The number of nitrogens with zero attached hydrogens (tertiary/aromatic N) is 2. The fourth-order valence-corrected chi connectivity index (χ4v) is 3.88. The topological polar surface area (TPSA) is 6.48 Å². The molecule has 0 unspecified atom stereocenters. The molecule has 0 aromatic heterocycles. The summed E-state index contributed by atoms with van der Waals surface area (Å²) < 4.78 is 0. The van der Waals surface area contributed by atoms with Crippen LogP contribution < -0.4 is 4.90 Å². The zero-order valence-corrected chi connectivity index (χ0v) is 15.1. The van der Waals surface area contributed by atoms with Crippen molar-refractivity contribution >= 4 is 28.1 Å². The third-order valence-electron chi connectivity index (χ3n) is 5.12. The highest BCUT2D eigenvalue weighted by molar-refractivity contribution is 6.30. The van der Waals surface area contributed by atoms with Crippen LogP contribution in [-0.4, -0.2) is 37.6 Å². The summed E-state index contributed by atoms with van der Waals surface area (Å²) in [5.74, 6) is 0. The Balaban J connectivity index is 1.36. The smallest absolute Gasteiger partial charge is 0.0426 e. The van der Waals surface area contributed by atoms with Crippen LogP contribution in [0.4, 0.5) is 5.69 Å². The van der Waals surface area contributed by atoms with Crippen molar-refractivity contribution < 1.29 is 0 Å². The summed E-state index contributed by atoms with van der Waals surface area (Å²) in [4.78, 5) is 5.00. The molecule has 2 nitrogen and oxygen atoms in total. The SMILES string of the molecule is Clc1cccc(N2CCN(CCc3cccc4ccccc34)CC2)c1. The Morgan fingerprint density at radius 3 is 2.40 bits per heavy atom. The van der Waals surface area contributed by atoms with E-state index in [0.29, 0.717) is 0 Å². The minimum Gasteiger partial charge on any atom is -0.369 e. The van der Waals surface area contributed by atoms with Gasteiger partial charge in [-0.25, -0.2) is 0 Å². The van der Waals surface area contributed by atoms with Crippen LogP contribution in [0.1, 0.15) is 5.56 Å². The molecule has 1 saturated heterocycles. The van der Waals surface area contributed by atoms with Crippen molar-refractivity contribution in [3.8, 4) is 0 Å². The molecule has 0 N–H and O–H groups in total. The predicted molar refractivity (Wildman–Crippen MR) is 108 cm³/mol. The Morgan fingerprint density at radius 2 is 1.56 bits per heavy atom. The summed E-state index contributed by atoms with van der Waals surface area (Å²) in [6.45, 7) is 5.47. The van der Waals surface area contributed by atoms with Crippen molar-refractivity contribution in [1.82, 2.24) is 4.90 Å². The maximum absolute atomic E-state index is 6.12. The van der Waals surface area contributed by atoms with Gasteiger partial charge in [0.05, 0.1) is 0 Å². The lowest BCUT2D eigenvalue weighted by atomic mass is 10.0. The summed E-state index contributed by atoms with van der Waals surface area (Å²) >= 11 is 6.12. The Labute approximate surface area is 154 Å². The van der Waals surface area contributed by atoms with Crippen molar-refractivity contribution in [3.05, 3.63) is 77.3 Å². The van der Waals surface area contributed by atoms with Crippen LogP contribution in [0.2, 0.25) is 5.02 Å². The first kappa shape index (κ1) is 16.4. The van der Waals surface area contributed by atoms with Gasteiger partial charge in [-0.05, 0) is 41.0 Å². The van der Waals surface area contributed by atoms with Gasteiger partial charge in [0.25, 0.3) is 0 Å². The highest BCUT2D eigenvalue weighted by Crippen LogP contribution is 2.22. The number of benzene rings is 3. The number of anilines is 1. The zero-order valence-electron chi connectivity index (χ0n) is 14.4. The van der Waals surface area contributed by atoms with Crippen LogP contribution in [0.25, 0.3) is 10.8 Å². The maximum Gasteiger partial charge on any atom is 0.0426 e. The van der Waals surface area contributed by atoms with Crippen molar-refractivity contribution in [2.45, 2.75) is 6.42 Å². The van der Waals surface area contributed by atoms with Gasteiger partial charge in [-0.15, -0.1) is 0 Å². The van der Waals surface area contributed by atoms with Crippen molar-refractivity contribution in [1.29, 1.82) is 0 Å². The minimum atomic E-state index is 0.816. The summed E-state index contributed by atoms with van der Waals surface area (Å²) in [6.07, 6.45) is 1.11. The molecule has 3 heteroatoms. The molecule has 128 valence electrons. The summed E-state index contributed by atoms with van der Waals surface area (Å²) in [7, 11) is 0. The second-order valence-corrected chi connectivity index (χ2v) is 7.13. The first-order valence-corrected chi connectivity index (χ1v) is 9.37. The van der Waals surface area contributed by atoms with Crippen LogP contribution in [0, 0.1) is 0 Å². The molecule has 0 aliphatic carbocycles. The Kier molecular flexibility index (Phi) is 4.91. The molecule has 0 amide bonds. The highest BCUT2D eigenvalue weighted by Gasteiger charge is 2.17. The fourth-order valence-electron chi connectivity index (χ4n) is 3.69. The van der Waals surface area contributed by atoms with Crippen LogP contribution in [0.15, 0.2) is 66.7 Å². The number of fused-ring (bicyclic) bond motifs is 1. The van der Waals surface area contributed by atoms with Gasteiger partial charge < -0.3 is 4.90 Å². The number of piperazine rings is 1. The first-order chi connectivity index (χ1) is 12.3. The number of hydrogen-bond acceptors (Lipinski definition) is 2. The maximum atomic E-state index is 6.12. The van der Waals surface area contributed by atoms with E-state index >= 15 is 0 Å². The molecular formula is C22H23ClN2. The van der Waals surface area contributed by atoms with Crippen molar-refractivity contribution in [2.24, 2.45) is 0 Å². The second kappa shape index (κ2) is 7.47. The average molecular weight is 351 g/mol. The molecular weight excluding hydrogens is 328 g/mol. The standard InChI is InChI=1S/C22H23ClN2/c23-20-8-4-9-21(17-20)25-15-13-24(14-16-25)12-11-19-7-3-6-18-5-1-2-10-22(18)19/h1-10,17H,11-16H2. The molecule has 25 heavy (non-hydrogen) atoms. The van der Waals surface area contributed by atoms with E-state index in [2.05, 4.69) is 64.4 Å². The molecule has 0 bridgehead atoms. The summed E-state index contributed by atoms with van der Waals surface area (Å²) in [5.41, 5.74) is 2.69. The van der Waals surface area contributed by atoms with Gasteiger partial charge in [0, 0.05) is 43.4 Å². The van der Waals surface area contributed by atoms with E-state index in [9.17, 15) is 0 Å². The van der Waals surface area contributed by atoms with E-state index < -0.39 is 0 Å². The second-order valence-electron chi connectivity index (χ2n) is 6.70. The normalized spacial score (nSPS) is 15.6. The highest BCUT2D eigenvalue weighted by atomic mass is 35.5. The molecule has 1 aliphatic heterocycles. The molecule has 0 saturated carbocycles. The molecule has 1 fully saturated rings. The van der Waals surface area contributed by atoms with Crippen LogP contribution in [0.5, 0.6) is 0 Å². The Bertz CT molecular complexity index is 848. The van der Waals surface area contributed by atoms with E-state index in [1.807, 2.05) is 12.1 Å². The molecule has 3 aromatic carbocycles. The molecule has 0 radical (unpaired) electrons. The fraction of sp³-hybridized carbons (Fsp3) is 0.273. The summed E-state index contributed by atoms with van der Waals surface area (Å²) in [5, 5.41) is 3.55. The number of hydrogen-bond donors (Lipinski definition) is 0. The van der Waals surface area contributed by atoms with E-state index in [4.69, 9.17) is 11.6 Å². The zero-order chi connectivity index (χ0) is 17.1. The van der Waals surface area contributed by atoms with Gasteiger partial charge in [0.15, 0.2) is 0 Å². The van der Waals surface area contributed by atoms with Gasteiger partial charge >= 0.3 is 0 Å². The third kappa shape index (κ3) is 3.81. The minimum absolute atomic E-state index is 0.816. The number of rotatable bonds is 4. The van der Waals surface area contributed by atoms with Crippen LogP contribution in [-0.2, 0) is 6.42 Å². The Morgan fingerprint density at radius 1 is 0.800 bits per heavy atom. The lowest BCUT2D eigenvalue weighted by Crippen LogP contribution is -2.47.